The average Bonchev–Trinajstić information content (AvgIpc) is 3.01. The van der Waals surface area contributed by atoms with Gasteiger partial charge in [0.1, 0.15) is 5.75 Å². The van der Waals surface area contributed by atoms with Gasteiger partial charge in [-0.3, -0.25) is 0 Å². The molecular formula is C17H14N2O. The van der Waals surface area contributed by atoms with Crippen molar-refractivity contribution in [2.45, 2.75) is 5.92 Å². The van der Waals surface area contributed by atoms with E-state index in [1.54, 1.807) is 24.3 Å². The molecule has 0 unspecified atom stereocenters. The molecule has 0 heterocycles. The molecule has 0 saturated carbocycles. The summed E-state index contributed by atoms with van der Waals surface area (Å²) in [5.74, 6) is 0.560. The van der Waals surface area contributed by atoms with E-state index in [0.29, 0.717) is 11.6 Å². The van der Waals surface area contributed by atoms with Crippen LogP contribution in [0.3, 0.4) is 0 Å². The van der Waals surface area contributed by atoms with E-state index in [0.717, 1.165) is 5.69 Å². The van der Waals surface area contributed by atoms with E-state index in [9.17, 15) is 5.11 Å². The topological polar surface area (TPSA) is 45.0 Å². The summed E-state index contributed by atoms with van der Waals surface area (Å²) in [6.45, 7) is 0. The molecule has 1 N–H and O–H groups in total. The van der Waals surface area contributed by atoms with Crippen LogP contribution in [0.4, 0.5) is 11.4 Å². The number of nitrogens with zero attached hydrogens (tertiary/aromatic N) is 2. The minimum atomic E-state index is 0.228. The fourth-order valence-electron chi connectivity index (χ4n) is 2.08. The summed E-state index contributed by atoms with van der Waals surface area (Å²) in [4.78, 5) is 0. The second-order valence-electron chi connectivity index (χ2n) is 4.61. The SMILES string of the molecule is Oc1ccc(N=Nc2cccc(C3C=CC=C3)c2)cc1. The smallest absolute Gasteiger partial charge is 0.115 e. The number of hydrogen-bond acceptors (Lipinski definition) is 3. The van der Waals surface area contributed by atoms with Crippen molar-refractivity contribution >= 4 is 11.4 Å². The van der Waals surface area contributed by atoms with Crippen LogP contribution in [0.5, 0.6) is 5.75 Å². The molecule has 1 aliphatic rings. The van der Waals surface area contributed by atoms with Crippen LogP contribution in [0.25, 0.3) is 0 Å². The number of phenols is 1. The molecule has 2 aromatic carbocycles. The van der Waals surface area contributed by atoms with E-state index < -0.39 is 0 Å². The Balaban J connectivity index is 1.80. The summed E-state index contributed by atoms with van der Waals surface area (Å²) >= 11 is 0. The zero-order valence-corrected chi connectivity index (χ0v) is 10.8. The van der Waals surface area contributed by atoms with E-state index in [4.69, 9.17) is 0 Å². The molecule has 98 valence electrons. The minimum absolute atomic E-state index is 0.228. The summed E-state index contributed by atoms with van der Waals surface area (Å²) in [6, 6.07) is 14.7. The summed E-state index contributed by atoms with van der Waals surface area (Å²) < 4.78 is 0. The first-order valence-corrected chi connectivity index (χ1v) is 6.47. The molecule has 3 nitrogen and oxygen atoms in total. The van der Waals surface area contributed by atoms with E-state index >= 15 is 0 Å². The zero-order chi connectivity index (χ0) is 13.8. The largest absolute Gasteiger partial charge is 0.508 e. The molecule has 0 spiro atoms. The van der Waals surface area contributed by atoms with Crippen molar-refractivity contribution in [2.24, 2.45) is 10.2 Å². The van der Waals surface area contributed by atoms with Gasteiger partial charge in [-0.1, -0.05) is 36.4 Å². The van der Waals surface area contributed by atoms with Crippen molar-refractivity contribution in [3.63, 3.8) is 0 Å². The summed E-state index contributed by atoms with van der Waals surface area (Å²) in [7, 11) is 0. The Morgan fingerprint density at radius 1 is 0.800 bits per heavy atom. The van der Waals surface area contributed by atoms with Crippen LogP contribution in [0.2, 0.25) is 0 Å². The van der Waals surface area contributed by atoms with Crippen molar-refractivity contribution in [3.8, 4) is 5.75 Å². The average molecular weight is 262 g/mol. The highest BCUT2D eigenvalue weighted by Crippen LogP contribution is 2.27. The number of benzene rings is 2. The maximum atomic E-state index is 9.21. The predicted octanol–water partition coefficient (Wildman–Crippen LogP) is 5.02. The molecule has 0 aromatic heterocycles. The van der Waals surface area contributed by atoms with Crippen molar-refractivity contribution in [1.82, 2.24) is 0 Å². The van der Waals surface area contributed by atoms with Crippen molar-refractivity contribution in [1.29, 1.82) is 0 Å². The van der Waals surface area contributed by atoms with Gasteiger partial charge >= 0.3 is 0 Å². The second kappa shape index (κ2) is 5.53. The highest BCUT2D eigenvalue weighted by Gasteiger charge is 2.07. The van der Waals surface area contributed by atoms with Gasteiger partial charge in [0, 0.05) is 5.92 Å². The Kier molecular flexibility index (Phi) is 3.42. The quantitative estimate of drug-likeness (QED) is 0.776. The Morgan fingerprint density at radius 2 is 1.50 bits per heavy atom. The number of hydrogen-bond donors (Lipinski definition) is 1. The lowest BCUT2D eigenvalue weighted by Gasteiger charge is -2.05. The van der Waals surface area contributed by atoms with Gasteiger partial charge in [0.15, 0.2) is 0 Å². The third-order valence-electron chi connectivity index (χ3n) is 3.13. The number of azo groups is 1. The molecule has 2 aromatic rings. The van der Waals surface area contributed by atoms with E-state index in [2.05, 4.69) is 40.6 Å². The highest BCUT2D eigenvalue weighted by atomic mass is 16.3. The molecule has 0 amide bonds. The number of phenolic OH excluding ortho intramolecular Hbond substituents is 1. The monoisotopic (exact) mass is 262 g/mol. The lowest BCUT2D eigenvalue weighted by atomic mass is 10.0. The van der Waals surface area contributed by atoms with Gasteiger partial charge in [0.2, 0.25) is 0 Å². The molecular weight excluding hydrogens is 248 g/mol. The molecule has 20 heavy (non-hydrogen) atoms. The van der Waals surface area contributed by atoms with E-state index in [-0.39, 0.29) is 5.75 Å². The van der Waals surface area contributed by atoms with Gasteiger partial charge < -0.3 is 5.11 Å². The van der Waals surface area contributed by atoms with Gasteiger partial charge in [-0.2, -0.15) is 10.2 Å². The van der Waals surface area contributed by atoms with Crippen molar-refractivity contribution < 1.29 is 5.11 Å². The van der Waals surface area contributed by atoms with Crippen LogP contribution in [-0.4, -0.2) is 5.11 Å². The standard InChI is InChI=1S/C17H14N2O/c20-17-10-8-15(9-11-17)18-19-16-7-3-6-14(12-16)13-4-1-2-5-13/h1-13,20H. The number of allylic oxidation sites excluding steroid dienone is 4. The molecule has 0 radical (unpaired) electrons. The second-order valence-corrected chi connectivity index (χ2v) is 4.61. The Bertz CT molecular complexity index is 672. The van der Waals surface area contributed by atoms with Crippen LogP contribution in [0, 0.1) is 0 Å². The van der Waals surface area contributed by atoms with Gasteiger partial charge in [0.25, 0.3) is 0 Å². The van der Waals surface area contributed by atoms with Gasteiger partial charge in [0.05, 0.1) is 11.4 Å². The van der Waals surface area contributed by atoms with Gasteiger partial charge in [-0.15, -0.1) is 0 Å². The first kappa shape index (κ1) is 12.4. The molecule has 0 atom stereocenters. The Morgan fingerprint density at radius 3 is 2.25 bits per heavy atom. The van der Waals surface area contributed by atoms with Crippen molar-refractivity contribution in [3.05, 3.63) is 78.4 Å². The lowest BCUT2D eigenvalue weighted by Crippen LogP contribution is -1.87. The first-order valence-electron chi connectivity index (χ1n) is 6.47. The van der Waals surface area contributed by atoms with E-state index in [1.807, 2.05) is 18.2 Å². The van der Waals surface area contributed by atoms with Crippen LogP contribution in [0.1, 0.15) is 11.5 Å². The third kappa shape index (κ3) is 2.83. The Labute approximate surface area is 117 Å². The molecule has 1 aliphatic carbocycles. The predicted molar refractivity (Wildman–Crippen MR) is 79.7 cm³/mol. The summed E-state index contributed by atoms with van der Waals surface area (Å²) in [5, 5.41) is 17.6. The van der Waals surface area contributed by atoms with Gasteiger partial charge in [-0.05, 0) is 42.0 Å². The fraction of sp³-hybridized carbons (Fsp3) is 0.0588. The third-order valence-corrected chi connectivity index (χ3v) is 3.13. The Hall–Kier alpha value is -2.68. The molecule has 0 bridgehead atoms. The first-order chi connectivity index (χ1) is 9.81. The zero-order valence-electron chi connectivity index (χ0n) is 10.8. The van der Waals surface area contributed by atoms with Crippen LogP contribution < -0.4 is 0 Å². The van der Waals surface area contributed by atoms with Crippen LogP contribution >= 0.6 is 0 Å². The van der Waals surface area contributed by atoms with Gasteiger partial charge in [-0.25, -0.2) is 0 Å². The fourth-order valence-corrected chi connectivity index (χ4v) is 2.08. The lowest BCUT2D eigenvalue weighted by molar-refractivity contribution is 0.475. The van der Waals surface area contributed by atoms with Crippen molar-refractivity contribution in [2.75, 3.05) is 0 Å². The molecule has 0 aliphatic heterocycles. The summed E-state index contributed by atoms with van der Waals surface area (Å²) in [5.41, 5.74) is 2.75. The number of rotatable bonds is 3. The van der Waals surface area contributed by atoms with E-state index in [1.165, 1.54) is 5.56 Å². The van der Waals surface area contributed by atoms with Crippen LogP contribution in [0.15, 0.2) is 83.1 Å². The minimum Gasteiger partial charge on any atom is -0.508 e. The summed E-state index contributed by atoms with van der Waals surface area (Å²) in [6.07, 6.45) is 8.40. The van der Waals surface area contributed by atoms with Crippen LogP contribution in [-0.2, 0) is 0 Å². The molecule has 0 saturated heterocycles. The maximum Gasteiger partial charge on any atom is 0.115 e. The number of aromatic hydroxyl groups is 1. The maximum absolute atomic E-state index is 9.21. The molecule has 3 heteroatoms. The normalized spacial score (nSPS) is 14.4. The molecule has 3 rings (SSSR count). The molecule has 0 fully saturated rings. The highest BCUT2D eigenvalue weighted by molar-refractivity contribution is 5.46.